The Morgan fingerprint density at radius 1 is 1.37 bits per heavy atom. The van der Waals surface area contributed by atoms with Gasteiger partial charge in [0.15, 0.2) is 5.17 Å². The SMILES string of the molecule is CC[C@H]1SC2=NC(C)=C(C(=O)OCCOC)[C@H](c3cccc(Br)c3)N2C1=O. The molecule has 1 fully saturated rings. The molecule has 0 radical (unpaired) electrons. The maximum Gasteiger partial charge on any atom is 0.338 e. The van der Waals surface area contributed by atoms with Crippen molar-refractivity contribution < 1.29 is 19.1 Å². The van der Waals surface area contributed by atoms with Gasteiger partial charge in [0, 0.05) is 11.6 Å². The van der Waals surface area contributed by atoms with Crippen molar-refractivity contribution >= 4 is 44.7 Å². The fourth-order valence-corrected chi connectivity index (χ4v) is 4.69. The van der Waals surface area contributed by atoms with Crippen molar-refractivity contribution in [3.8, 4) is 0 Å². The lowest BCUT2D eigenvalue weighted by molar-refractivity contribution is -0.141. The van der Waals surface area contributed by atoms with Gasteiger partial charge in [0.2, 0.25) is 5.91 Å². The minimum Gasteiger partial charge on any atom is -0.460 e. The van der Waals surface area contributed by atoms with Gasteiger partial charge in [-0.3, -0.25) is 9.69 Å². The fourth-order valence-electron chi connectivity index (χ4n) is 3.14. The van der Waals surface area contributed by atoms with E-state index in [-0.39, 0.29) is 17.8 Å². The van der Waals surface area contributed by atoms with E-state index in [1.165, 1.54) is 11.8 Å². The van der Waals surface area contributed by atoms with Gasteiger partial charge in [0.1, 0.15) is 6.61 Å². The number of carbonyl (C=O) groups excluding carboxylic acids is 2. The van der Waals surface area contributed by atoms with Crippen molar-refractivity contribution in [3.05, 3.63) is 45.6 Å². The first-order valence-electron chi connectivity index (χ1n) is 8.68. The van der Waals surface area contributed by atoms with E-state index in [1.807, 2.05) is 31.2 Å². The predicted octanol–water partition coefficient (Wildman–Crippen LogP) is 3.68. The number of nitrogens with zero attached hydrogens (tertiary/aromatic N) is 2. The summed E-state index contributed by atoms with van der Waals surface area (Å²) >= 11 is 4.93. The first-order chi connectivity index (χ1) is 13.0. The number of fused-ring (bicyclic) bond motifs is 1. The van der Waals surface area contributed by atoms with E-state index in [9.17, 15) is 9.59 Å². The Bertz CT molecular complexity index is 824. The molecular formula is C19H21BrN2O4S. The minimum atomic E-state index is -0.554. The van der Waals surface area contributed by atoms with Crippen molar-refractivity contribution in [1.29, 1.82) is 0 Å². The smallest absolute Gasteiger partial charge is 0.338 e. The number of halogens is 1. The summed E-state index contributed by atoms with van der Waals surface area (Å²) in [5.41, 5.74) is 1.80. The van der Waals surface area contributed by atoms with Crippen LogP contribution in [-0.4, -0.2) is 47.5 Å². The van der Waals surface area contributed by atoms with Crippen molar-refractivity contribution in [3.63, 3.8) is 0 Å². The minimum absolute atomic E-state index is 0.0269. The molecule has 0 spiro atoms. The number of carbonyl (C=O) groups is 2. The predicted molar refractivity (Wildman–Crippen MR) is 108 cm³/mol. The van der Waals surface area contributed by atoms with Crippen LogP contribution in [0, 0.1) is 0 Å². The monoisotopic (exact) mass is 452 g/mol. The van der Waals surface area contributed by atoms with E-state index in [4.69, 9.17) is 9.47 Å². The van der Waals surface area contributed by atoms with Crippen LogP contribution in [0.5, 0.6) is 0 Å². The Hall–Kier alpha value is -1.64. The molecule has 27 heavy (non-hydrogen) atoms. The van der Waals surface area contributed by atoms with E-state index in [0.29, 0.717) is 29.5 Å². The van der Waals surface area contributed by atoms with Gasteiger partial charge in [-0.05, 0) is 31.0 Å². The molecule has 8 heteroatoms. The summed E-state index contributed by atoms with van der Waals surface area (Å²) in [5.74, 6) is -0.504. The highest BCUT2D eigenvalue weighted by atomic mass is 79.9. The summed E-state index contributed by atoms with van der Waals surface area (Å²) < 4.78 is 11.2. The van der Waals surface area contributed by atoms with Crippen molar-refractivity contribution in [2.45, 2.75) is 31.6 Å². The quantitative estimate of drug-likeness (QED) is 0.486. The van der Waals surface area contributed by atoms with Crippen LogP contribution in [0.15, 0.2) is 45.0 Å². The topological polar surface area (TPSA) is 68.2 Å². The number of aliphatic imine (C=N–C) groups is 1. The van der Waals surface area contributed by atoms with Crippen LogP contribution in [0.25, 0.3) is 0 Å². The maximum absolute atomic E-state index is 13.0. The average Bonchev–Trinajstić information content (AvgIpc) is 2.96. The molecule has 2 heterocycles. The first kappa shape index (κ1) is 20.1. The van der Waals surface area contributed by atoms with Crippen molar-refractivity contribution in [2.24, 2.45) is 4.99 Å². The van der Waals surface area contributed by atoms with E-state index >= 15 is 0 Å². The molecule has 144 valence electrons. The Kier molecular flexibility index (Phi) is 6.39. The van der Waals surface area contributed by atoms with Gasteiger partial charge in [0.05, 0.1) is 29.2 Å². The Morgan fingerprint density at radius 2 is 2.15 bits per heavy atom. The lowest BCUT2D eigenvalue weighted by Gasteiger charge is -2.33. The number of amides is 1. The van der Waals surface area contributed by atoms with Gasteiger partial charge in [-0.15, -0.1) is 0 Å². The molecule has 1 saturated heterocycles. The first-order valence-corrected chi connectivity index (χ1v) is 10.4. The van der Waals surface area contributed by atoms with Gasteiger partial charge >= 0.3 is 5.97 Å². The number of esters is 1. The van der Waals surface area contributed by atoms with Crippen LogP contribution in [0.1, 0.15) is 31.9 Å². The molecule has 0 saturated carbocycles. The molecule has 1 amide bonds. The molecule has 3 rings (SSSR count). The Balaban J connectivity index is 2.05. The average molecular weight is 453 g/mol. The van der Waals surface area contributed by atoms with E-state index in [0.717, 1.165) is 10.0 Å². The second-order valence-corrected chi connectivity index (χ2v) is 8.29. The third-order valence-electron chi connectivity index (χ3n) is 4.43. The zero-order chi connectivity index (χ0) is 19.6. The molecule has 1 aromatic rings. The molecular weight excluding hydrogens is 432 g/mol. The molecule has 6 nitrogen and oxygen atoms in total. The number of hydrogen-bond acceptors (Lipinski definition) is 6. The summed E-state index contributed by atoms with van der Waals surface area (Å²) in [4.78, 5) is 32.0. The van der Waals surface area contributed by atoms with Crippen LogP contribution < -0.4 is 0 Å². The number of rotatable bonds is 6. The van der Waals surface area contributed by atoms with Crippen LogP contribution in [0.2, 0.25) is 0 Å². The van der Waals surface area contributed by atoms with Crippen LogP contribution in [0.3, 0.4) is 0 Å². The summed E-state index contributed by atoms with van der Waals surface area (Å²) in [7, 11) is 1.55. The standard InChI is InChI=1S/C19H21BrN2O4S/c1-4-14-17(23)22-16(12-6-5-7-13(20)10-12)15(11(2)21-19(22)27-14)18(24)26-9-8-25-3/h5-7,10,14,16H,4,8-9H2,1-3H3/t14-,16+/m1/s1. The number of benzene rings is 1. The molecule has 2 aliphatic rings. The third kappa shape index (κ3) is 3.97. The number of methoxy groups -OCH3 is 1. The van der Waals surface area contributed by atoms with Gasteiger partial charge in [-0.25, -0.2) is 9.79 Å². The highest BCUT2D eigenvalue weighted by molar-refractivity contribution is 9.10. The molecule has 0 aromatic heterocycles. The van der Waals surface area contributed by atoms with E-state index in [2.05, 4.69) is 20.9 Å². The highest BCUT2D eigenvalue weighted by Crippen LogP contribution is 2.44. The fraction of sp³-hybridized carbons (Fsp3) is 0.421. The summed E-state index contributed by atoms with van der Waals surface area (Å²) in [6.45, 7) is 4.22. The highest BCUT2D eigenvalue weighted by Gasteiger charge is 2.47. The third-order valence-corrected chi connectivity index (χ3v) is 6.24. The molecule has 0 N–H and O–H groups in total. The normalized spacial score (nSPS) is 22.0. The molecule has 2 atom stereocenters. The summed E-state index contributed by atoms with van der Waals surface area (Å²) in [6.07, 6.45) is 0.705. The molecule has 2 aliphatic heterocycles. The Labute approximate surface area is 171 Å². The van der Waals surface area contributed by atoms with E-state index in [1.54, 1.807) is 18.9 Å². The lowest BCUT2D eigenvalue weighted by atomic mass is 9.94. The Morgan fingerprint density at radius 3 is 2.81 bits per heavy atom. The summed E-state index contributed by atoms with van der Waals surface area (Å²) in [6, 6.07) is 7.07. The molecule has 0 bridgehead atoms. The maximum atomic E-state index is 13.0. The number of amidine groups is 1. The zero-order valence-electron chi connectivity index (χ0n) is 15.4. The number of thioether (sulfide) groups is 1. The number of allylic oxidation sites excluding steroid dienone is 1. The summed E-state index contributed by atoms with van der Waals surface area (Å²) in [5, 5.41) is 0.456. The van der Waals surface area contributed by atoms with Crippen LogP contribution in [-0.2, 0) is 19.1 Å². The zero-order valence-corrected chi connectivity index (χ0v) is 17.8. The van der Waals surface area contributed by atoms with Gasteiger partial charge in [-0.2, -0.15) is 0 Å². The van der Waals surface area contributed by atoms with Gasteiger partial charge in [0.25, 0.3) is 0 Å². The second-order valence-electron chi connectivity index (χ2n) is 6.20. The molecule has 0 unspecified atom stereocenters. The molecule has 1 aromatic carbocycles. The molecule has 0 aliphatic carbocycles. The number of hydrogen-bond donors (Lipinski definition) is 0. The van der Waals surface area contributed by atoms with E-state index < -0.39 is 12.0 Å². The van der Waals surface area contributed by atoms with Crippen molar-refractivity contribution in [2.75, 3.05) is 20.3 Å². The van der Waals surface area contributed by atoms with Gasteiger partial charge < -0.3 is 9.47 Å². The van der Waals surface area contributed by atoms with Crippen molar-refractivity contribution in [1.82, 2.24) is 4.90 Å². The largest absolute Gasteiger partial charge is 0.460 e. The second kappa shape index (κ2) is 8.58. The number of ether oxygens (including phenoxy) is 2. The lowest BCUT2D eigenvalue weighted by Crippen LogP contribution is -2.40. The van der Waals surface area contributed by atoms with Crippen LogP contribution in [0.4, 0.5) is 0 Å². The van der Waals surface area contributed by atoms with Gasteiger partial charge in [-0.1, -0.05) is 46.7 Å². The van der Waals surface area contributed by atoms with Crippen LogP contribution >= 0.6 is 27.7 Å².